The zero-order valence-electron chi connectivity index (χ0n) is 9.49. The third kappa shape index (κ3) is 5.32. The Morgan fingerprint density at radius 1 is 1.53 bits per heavy atom. The lowest BCUT2D eigenvalue weighted by molar-refractivity contribution is -0.114. The van der Waals surface area contributed by atoms with Crippen molar-refractivity contribution in [3.8, 4) is 0 Å². The van der Waals surface area contributed by atoms with Crippen LogP contribution in [0.3, 0.4) is 0 Å². The number of primary amides is 1. The first-order valence-corrected chi connectivity index (χ1v) is 5.94. The van der Waals surface area contributed by atoms with Gasteiger partial charge < -0.3 is 21.1 Å². The van der Waals surface area contributed by atoms with Gasteiger partial charge in [0.1, 0.15) is 6.61 Å². The maximum absolute atomic E-state index is 10.9. The molecule has 0 aliphatic heterocycles. The SMILES string of the molecule is CC(=O)Nc1ccsc1CNCCOC(N)=O. The van der Waals surface area contributed by atoms with Crippen molar-refractivity contribution in [1.29, 1.82) is 0 Å². The number of amides is 2. The fourth-order valence-corrected chi connectivity index (χ4v) is 2.00. The molecule has 1 aromatic rings. The Bertz CT molecular complexity index is 392. The van der Waals surface area contributed by atoms with E-state index in [1.54, 1.807) is 11.3 Å². The number of thiophene rings is 1. The van der Waals surface area contributed by atoms with Gasteiger partial charge in [0.25, 0.3) is 0 Å². The molecular formula is C10H15N3O3S. The van der Waals surface area contributed by atoms with E-state index in [-0.39, 0.29) is 12.5 Å². The quantitative estimate of drug-likeness (QED) is 0.660. The Kier molecular flexibility index (Phi) is 5.44. The highest BCUT2D eigenvalue weighted by Crippen LogP contribution is 2.21. The molecule has 0 bridgehead atoms. The molecule has 94 valence electrons. The Balaban J connectivity index is 2.29. The van der Waals surface area contributed by atoms with Gasteiger partial charge in [0.2, 0.25) is 5.91 Å². The third-order valence-corrected chi connectivity index (χ3v) is 2.79. The highest BCUT2D eigenvalue weighted by atomic mass is 32.1. The van der Waals surface area contributed by atoms with E-state index >= 15 is 0 Å². The molecule has 0 radical (unpaired) electrons. The summed E-state index contributed by atoms with van der Waals surface area (Å²) < 4.78 is 4.57. The second-order valence-corrected chi connectivity index (χ2v) is 4.28. The molecule has 17 heavy (non-hydrogen) atoms. The Hall–Kier alpha value is -1.60. The molecule has 0 atom stereocenters. The van der Waals surface area contributed by atoms with Crippen molar-refractivity contribution in [3.63, 3.8) is 0 Å². The Morgan fingerprint density at radius 2 is 2.29 bits per heavy atom. The average Bonchev–Trinajstić information content (AvgIpc) is 2.64. The van der Waals surface area contributed by atoms with Crippen LogP contribution >= 0.6 is 11.3 Å². The minimum absolute atomic E-state index is 0.0956. The zero-order valence-corrected chi connectivity index (χ0v) is 10.3. The van der Waals surface area contributed by atoms with Crippen molar-refractivity contribution in [3.05, 3.63) is 16.3 Å². The number of nitrogens with one attached hydrogen (secondary N) is 2. The monoisotopic (exact) mass is 257 g/mol. The number of hydrogen-bond donors (Lipinski definition) is 3. The summed E-state index contributed by atoms with van der Waals surface area (Å²) in [6.45, 7) is 2.82. The molecule has 2 amide bonds. The number of carbonyl (C=O) groups excluding carboxylic acids is 2. The highest BCUT2D eigenvalue weighted by molar-refractivity contribution is 7.10. The van der Waals surface area contributed by atoms with Gasteiger partial charge in [0, 0.05) is 24.9 Å². The lowest BCUT2D eigenvalue weighted by Gasteiger charge is -2.06. The summed E-state index contributed by atoms with van der Waals surface area (Å²) in [4.78, 5) is 22.2. The van der Waals surface area contributed by atoms with Gasteiger partial charge in [-0.1, -0.05) is 0 Å². The minimum atomic E-state index is -0.776. The molecular weight excluding hydrogens is 242 g/mol. The smallest absolute Gasteiger partial charge is 0.404 e. The largest absolute Gasteiger partial charge is 0.448 e. The predicted molar refractivity (Wildman–Crippen MR) is 65.9 cm³/mol. The maximum atomic E-state index is 10.9. The van der Waals surface area contributed by atoms with Crippen LogP contribution in [0.15, 0.2) is 11.4 Å². The van der Waals surface area contributed by atoms with Gasteiger partial charge in [-0.25, -0.2) is 4.79 Å². The van der Waals surface area contributed by atoms with Crippen LogP contribution in [0.4, 0.5) is 10.5 Å². The van der Waals surface area contributed by atoms with Crippen molar-refractivity contribution in [2.24, 2.45) is 5.73 Å². The van der Waals surface area contributed by atoms with Crippen LogP contribution in [0.5, 0.6) is 0 Å². The van der Waals surface area contributed by atoms with Crippen LogP contribution in [-0.2, 0) is 16.1 Å². The predicted octanol–water partition coefficient (Wildman–Crippen LogP) is 0.891. The van der Waals surface area contributed by atoms with E-state index < -0.39 is 6.09 Å². The number of anilines is 1. The standard InChI is InChI=1S/C10H15N3O3S/c1-7(14)13-8-2-5-17-9(8)6-12-3-4-16-10(11)15/h2,5,12H,3-4,6H2,1H3,(H2,11,15)(H,13,14). The molecule has 0 fully saturated rings. The molecule has 7 heteroatoms. The van der Waals surface area contributed by atoms with E-state index in [4.69, 9.17) is 5.73 Å². The lowest BCUT2D eigenvalue weighted by atomic mass is 10.3. The summed E-state index contributed by atoms with van der Waals surface area (Å²) in [6.07, 6.45) is -0.776. The van der Waals surface area contributed by atoms with Gasteiger partial charge in [-0.3, -0.25) is 4.79 Å². The topological polar surface area (TPSA) is 93.4 Å². The van der Waals surface area contributed by atoms with E-state index in [2.05, 4.69) is 15.4 Å². The maximum Gasteiger partial charge on any atom is 0.404 e. The summed E-state index contributed by atoms with van der Waals surface area (Å²) in [5.41, 5.74) is 5.62. The van der Waals surface area contributed by atoms with Gasteiger partial charge in [-0.2, -0.15) is 0 Å². The van der Waals surface area contributed by atoms with Crippen LogP contribution in [0.25, 0.3) is 0 Å². The molecule has 0 aliphatic rings. The van der Waals surface area contributed by atoms with E-state index in [9.17, 15) is 9.59 Å². The lowest BCUT2D eigenvalue weighted by Crippen LogP contribution is -2.23. The molecule has 6 nitrogen and oxygen atoms in total. The number of nitrogens with two attached hydrogens (primary N) is 1. The molecule has 0 saturated heterocycles. The fraction of sp³-hybridized carbons (Fsp3) is 0.400. The Labute approximate surface area is 103 Å². The van der Waals surface area contributed by atoms with Crippen LogP contribution < -0.4 is 16.4 Å². The Morgan fingerprint density at radius 3 is 2.94 bits per heavy atom. The molecule has 4 N–H and O–H groups in total. The molecule has 1 aromatic heterocycles. The van der Waals surface area contributed by atoms with Crippen molar-refractivity contribution >= 4 is 29.0 Å². The molecule has 1 rings (SSSR count). The summed E-state index contributed by atoms with van der Waals surface area (Å²) >= 11 is 1.55. The molecule has 0 unspecified atom stereocenters. The molecule has 0 aromatic carbocycles. The normalized spacial score (nSPS) is 9.94. The van der Waals surface area contributed by atoms with Crippen molar-refractivity contribution < 1.29 is 14.3 Å². The molecule has 0 saturated carbocycles. The first kappa shape index (κ1) is 13.5. The fourth-order valence-electron chi connectivity index (χ4n) is 1.20. The second-order valence-electron chi connectivity index (χ2n) is 3.28. The molecule has 0 spiro atoms. The van der Waals surface area contributed by atoms with E-state index in [1.807, 2.05) is 11.4 Å². The average molecular weight is 257 g/mol. The van der Waals surface area contributed by atoms with E-state index in [0.717, 1.165) is 10.6 Å². The first-order valence-electron chi connectivity index (χ1n) is 5.06. The summed E-state index contributed by atoms with van der Waals surface area (Å²) in [6, 6.07) is 1.85. The van der Waals surface area contributed by atoms with Crippen LogP contribution in [0.1, 0.15) is 11.8 Å². The van der Waals surface area contributed by atoms with E-state index in [0.29, 0.717) is 13.1 Å². The van der Waals surface area contributed by atoms with E-state index in [1.165, 1.54) is 6.92 Å². The number of carbonyl (C=O) groups is 2. The van der Waals surface area contributed by atoms with Crippen molar-refractivity contribution in [1.82, 2.24) is 5.32 Å². The number of rotatable bonds is 6. The number of ether oxygens (including phenoxy) is 1. The van der Waals surface area contributed by atoms with Gasteiger partial charge in [-0.05, 0) is 11.4 Å². The van der Waals surface area contributed by atoms with Gasteiger partial charge in [-0.15, -0.1) is 11.3 Å². The second kappa shape index (κ2) is 6.87. The first-order chi connectivity index (χ1) is 8.09. The number of hydrogen-bond acceptors (Lipinski definition) is 5. The zero-order chi connectivity index (χ0) is 12.7. The van der Waals surface area contributed by atoms with Crippen molar-refractivity contribution in [2.45, 2.75) is 13.5 Å². The van der Waals surface area contributed by atoms with Crippen LogP contribution in [0.2, 0.25) is 0 Å². The van der Waals surface area contributed by atoms with Crippen LogP contribution in [-0.4, -0.2) is 25.2 Å². The highest BCUT2D eigenvalue weighted by Gasteiger charge is 2.05. The summed E-state index contributed by atoms with van der Waals surface area (Å²) in [7, 11) is 0. The third-order valence-electron chi connectivity index (χ3n) is 1.86. The summed E-state index contributed by atoms with van der Waals surface area (Å²) in [5.74, 6) is -0.0956. The molecule has 0 aliphatic carbocycles. The minimum Gasteiger partial charge on any atom is -0.448 e. The van der Waals surface area contributed by atoms with Gasteiger partial charge in [0.15, 0.2) is 0 Å². The van der Waals surface area contributed by atoms with Gasteiger partial charge in [0.05, 0.1) is 5.69 Å². The van der Waals surface area contributed by atoms with Crippen molar-refractivity contribution in [2.75, 3.05) is 18.5 Å². The molecule has 1 heterocycles. The van der Waals surface area contributed by atoms with Crippen LogP contribution in [0, 0.1) is 0 Å². The van der Waals surface area contributed by atoms with Gasteiger partial charge >= 0.3 is 6.09 Å². The summed E-state index contributed by atoms with van der Waals surface area (Å²) in [5, 5.41) is 7.73.